The van der Waals surface area contributed by atoms with E-state index in [1.807, 2.05) is 18.6 Å². The van der Waals surface area contributed by atoms with Gasteiger partial charge < -0.3 is 9.80 Å². The Morgan fingerprint density at radius 2 is 2.00 bits per heavy atom. The van der Waals surface area contributed by atoms with Crippen LogP contribution in [0.4, 0.5) is 0 Å². The first-order valence-corrected chi connectivity index (χ1v) is 11.2. The Morgan fingerprint density at radius 3 is 2.74 bits per heavy atom. The van der Waals surface area contributed by atoms with Crippen LogP contribution >= 0.6 is 11.8 Å². The lowest BCUT2D eigenvalue weighted by atomic mass is 9.96. The molecular formula is C22H32N4S. The van der Waals surface area contributed by atoms with Crippen LogP contribution in [0.1, 0.15) is 29.5 Å². The fraction of sp³-hybridized carbons (Fsp3) is 0.545. The quantitative estimate of drug-likeness (QED) is 0.509. The second-order valence-corrected chi connectivity index (χ2v) is 8.53. The summed E-state index contributed by atoms with van der Waals surface area (Å²) >= 11 is 1.59. The minimum atomic E-state index is 0.756. The smallest absolute Gasteiger partial charge is 0.187 e. The van der Waals surface area contributed by atoms with E-state index in [4.69, 9.17) is 0 Å². The molecule has 0 unspecified atom stereocenters. The van der Waals surface area contributed by atoms with Crippen LogP contribution in [0.25, 0.3) is 0 Å². The molecule has 0 aliphatic carbocycles. The van der Waals surface area contributed by atoms with Gasteiger partial charge in [-0.05, 0) is 63.1 Å². The molecule has 0 saturated carbocycles. The fourth-order valence-corrected chi connectivity index (χ4v) is 4.34. The minimum Gasteiger partial charge on any atom is -0.303 e. The Balaban J connectivity index is 1.45. The van der Waals surface area contributed by atoms with E-state index in [9.17, 15) is 0 Å². The van der Waals surface area contributed by atoms with Gasteiger partial charge in [0.2, 0.25) is 0 Å². The van der Waals surface area contributed by atoms with Crippen LogP contribution in [-0.2, 0) is 13.0 Å². The van der Waals surface area contributed by atoms with E-state index in [-0.39, 0.29) is 0 Å². The first-order chi connectivity index (χ1) is 13.1. The maximum absolute atomic E-state index is 4.39. The number of rotatable bonds is 8. The summed E-state index contributed by atoms with van der Waals surface area (Å²) in [6.07, 6.45) is 9.75. The summed E-state index contributed by atoms with van der Waals surface area (Å²) in [6, 6.07) is 8.78. The summed E-state index contributed by atoms with van der Waals surface area (Å²) in [5.74, 6) is 0.756. The average molecular weight is 385 g/mol. The van der Waals surface area contributed by atoms with Crippen molar-refractivity contribution in [1.82, 2.24) is 19.8 Å². The van der Waals surface area contributed by atoms with Crippen LogP contribution in [0.2, 0.25) is 0 Å². The van der Waals surface area contributed by atoms with Crippen molar-refractivity contribution in [2.75, 3.05) is 39.5 Å². The molecule has 1 saturated heterocycles. The van der Waals surface area contributed by atoms with E-state index in [0.717, 1.165) is 30.6 Å². The molecule has 1 atom stereocenters. The van der Waals surface area contributed by atoms with Crippen LogP contribution < -0.4 is 0 Å². The molecule has 0 bridgehead atoms. The molecule has 27 heavy (non-hydrogen) atoms. The molecule has 1 aliphatic heterocycles. The normalized spacial score (nSPS) is 18.1. The molecule has 0 spiro atoms. The highest BCUT2D eigenvalue weighted by Crippen LogP contribution is 2.19. The Hall–Kier alpha value is -1.43. The summed E-state index contributed by atoms with van der Waals surface area (Å²) in [5, 5.41) is 0.845. The van der Waals surface area contributed by atoms with Crippen molar-refractivity contribution >= 4 is 11.8 Å². The van der Waals surface area contributed by atoms with Crippen molar-refractivity contribution < 1.29 is 0 Å². The number of hydrogen-bond acceptors (Lipinski definition) is 5. The third-order valence-electron chi connectivity index (χ3n) is 5.45. The van der Waals surface area contributed by atoms with Crippen molar-refractivity contribution in [2.45, 2.75) is 37.9 Å². The van der Waals surface area contributed by atoms with Crippen molar-refractivity contribution in [2.24, 2.45) is 5.92 Å². The van der Waals surface area contributed by atoms with Gasteiger partial charge in [-0.2, -0.15) is 0 Å². The van der Waals surface area contributed by atoms with Crippen molar-refractivity contribution in [3.8, 4) is 0 Å². The first kappa shape index (κ1) is 20.3. The largest absolute Gasteiger partial charge is 0.303 e. The zero-order chi connectivity index (χ0) is 19.1. The summed E-state index contributed by atoms with van der Waals surface area (Å²) in [7, 11) is 2.22. The number of thioether (sulfide) groups is 1. The summed E-state index contributed by atoms with van der Waals surface area (Å²) in [5.41, 5.74) is 4.11. The fourth-order valence-electron chi connectivity index (χ4n) is 4.02. The second-order valence-electron chi connectivity index (χ2n) is 7.76. The summed E-state index contributed by atoms with van der Waals surface area (Å²) in [4.78, 5) is 13.9. The zero-order valence-corrected chi connectivity index (χ0v) is 17.7. The second kappa shape index (κ2) is 10.2. The molecule has 0 amide bonds. The number of likely N-dealkylation sites (tertiary alicyclic amines) is 1. The van der Waals surface area contributed by atoms with Gasteiger partial charge in [-0.25, -0.2) is 9.97 Å². The lowest BCUT2D eigenvalue weighted by molar-refractivity contribution is 0.142. The molecule has 0 N–H and O–H groups in total. The molecule has 1 fully saturated rings. The van der Waals surface area contributed by atoms with Crippen LogP contribution in [0.5, 0.6) is 0 Å². The average Bonchev–Trinajstić information content (AvgIpc) is 2.68. The van der Waals surface area contributed by atoms with Gasteiger partial charge in [0.15, 0.2) is 5.16 Å². The maximum Gasteiger partial charge on any atom is 0.187 e. The molecule has 0 radical (unpaired) electrons. The van der Waals surface area contributed by atoms with E-state index >= 15 is 0 Å². The molecule has 2 heterocycles. The monoisotopic (exact) mass is 384 g/mol. The van der Waals surface area contributed by atoms with Gasteiger partial charge in [-0.15, -0.1) is 0 Å². The number of nitrogens with zero attached hydrogens (tertiary/aromatic N) is 4. The Bertz CT molecular complexity index is 704. The van der Waals surface area contributed by atoms with Gasteiger partial charge in [-0.3, -0.25) is 0 Å². The zero-order valence-electron chi connectivity index (χ0n) is 16.9. The van der Waals surface area contributed by atoms with Gasteiger partial charge in [0.05, 0.1) is 0 Å². The SMILES string of the molecule is CSc1ncc(CN(C)C[C@H]2CCCN(CCc3ccccc3C)C2)cn1. The lowest BCUT2D eigenvalue weighted by Gasteiger charge is -2.34. The molecule has 5 heteroatoms. The predicted octanol–water partition coefficient (Wildman–Crippen LogP) is 3.89. The molecule has 4 nitrogen and oxygen atoms in total. The van der Waals surface area contributed by atoms with Crippen molar-refractivity contribution in [1.29, 1.82) is 0 Å². The van der Waals surface area contributed by atoms with Crippen molar-refractivity contribution in [3.05, 3.63) is 53.3 Å². The van der Waals surface area contributed by atoms with Gasteiger partial charge in [0.1, 0.15) is 0 Å². The number of benzene rings is 1. The van der Waals surface area contributed by atoms with Crippen molar-refractivity contribution in [3.63, 3.8) is 0 Å². The van der Waals surface area contributed by atoms with E-state index in [1.54, 1.807) is 11.8 Å². The highest BCUT2D eigenvalue weighted by atomic mass is 32.2. The van der Waals surface area contributed by atoms with E-state index in [0.29, 0.717) is 0 Å². The van der Waals surface area contributed by atoms with E-state index in [1.165, 1.54) is 49.2 Å². The standard InChI is InChI=1S/C22H32N4S/c1-18-7-4-5-9-21(18)10-12-26-11-6-8-19(17-26)15-25(2)16-20-13-23-22(27-3)24-14-20/h4-5,7,9,13-14,19H,6,8,10-12,15-17H2,1-3H3/t19-/m1/s1. The highest BCUT2D eigenvalue weighted by molar-refractivity contribution is 7.98. The van der Waals surface area contributed by atoms with Crippen LogP contribution in [0, 0.1) is 12.8 Å². The molecular weight excluding hydrogens is 352 g/mol. The molecule has 1 aromatic carbocycles. The van der Waals surface area contributed by atoms with Gasteiger partial charge in [-0.1, -0.05) is 36.0 Å². The predicted molar refractivity (Wildman–Crippen MR) is 114 cm³/mol. The van der Waals surface area contributed by atoms with Crippen LogP contribution in [0.15, 0.2) is 41.8 Å². The molecule has 2 aromatic rings. The maximum atomic E-state index is 4.39. The molecule has 146 valence electrons. The van der Waals surface area contributed by atoms with Gasteiger partial charge in [0, 0.05) is 44.1 Å². The Labute approximate surface area is 168 Å². The molecule has 1 aromatic heterocycles. The molecule has 1 aliphatic rings. The highest BCUT2D eigenvalue weighted by Gasteiger charge is 2.21. The third kappa shape index (κ3) is 6.30. The number of hydrogen-bond donors (Lipinski definition) is 0. The lowest BCUT2D eigenvalue weighted by Crippen LogP contribution is -2.40. The number of aryl methyl sites for hydroxylation is 1. The van der Waals surface area contributed by atoms with Gasteiger partial charge in [0.25, 0.3) is 0 Å². The topological polar surface area (TPSA) is 32.3 Å². The summed E-state index contributed by atoms with van der Waals surface area (Å²) < 4.78 is 0. The Morgan fingerprint density at radius 1 is 1.22 bits per heavy atom. The van der Waals surface area contributed by atoms with Gasteiger partial charge >= 0.3 is 0 Å². The first-order valence-electron chi connectivity index (χ1n) is 9.94. The summed E-state index contributed by atoms with van der Waals surface area (Å²) in [6.45, 7) is 7.93. The van der Waals surface area contributed by atoms with Crippen LogP contribution in [-0.4, -0.2) is 59.3 Å². The van der Waals surface area contributed by atoms with E-state index < -0.39 is 0 Å². The number of aromatic nitrogens is 2. The Kier molecular flexibility index (Phi) is 7.68. The third-order valence-corrected chi connectivity index (χ3v) is 6.02. The molecule has 3 rings (SSSR count). The van der Waals surface area contributed by atoms with Crippen LogP contribution in [0.3, 0.4) is 0 Å². The minimum absolute atomic E-state index is 0.756. The van der Waals surface area contributed by atoms with E-state index in [2.05, 4.69) is 58.0 Å². The number of piperidine rings is 1.